The van der Waals surface area contributed by atoms with Gasteiger partial charge in [-0.25, -0.2) is 8.78 Å². The van der Waals surface area contributed by atoms with Gasteiger partial charge in [-0.05, 0) is 47.9 Å². The van der Waals surface area contributed by atoms with Gasteiger partial charge in [0.2, 0.25) is 5.91 Å². The summed E-state index contributed by atoms with van der Waals surface area (Å²) in [4.78, 5) is 13.3. The Bertz CT molecular complexity index is 1100. The van der Waals surface area contributed by atoms with Crippen LogP contribution < -0.4 is 10.1 Å². The first-order valence-corrected chi connectivity index (χ1v) is 8.64. The lowest BCUT2D eigenvalue weighted by molar-refractivity contribution is -0.118. The number of aromatic hydroxyl groups is 1. The molecule has 28 heavy (non-hydrogen) atoms. The summed E-state index contributed by atoms with van der Waals surface area (Å²) in [6, 6.07) is 14.1. The minimum absolute atomic E-state index is 0.0811. The fourth-order valence-electron chi connectivity index (χ4n) is 3.78. The standard InChI is InChI=1S/C22H17F2NO3/c1-12-11-14(5-10-18(12)26)22(13-3-6-15(28-2)7-4-13)16-8-9-17(23)19(24)20(16)25-21(22)27/h3-11,26H,1-2H3,(H,25,27). The highest BCUT2D eigenvalue weighted by Crippen LogP contribution is 2.49. The summed E-state index contributed by atoms with van der Waals surface area (Å²) in [5.41, 5.74) is 0.414. The Morgan fingerprint density at radius 2 is 1.68 bits per heavy atom. The second kappa shape index (κ2) is 6.34. The van der Waals surface area contributed by atoms with Gasteiger partial charge in [0.1, 0.15) is 16.9 Å². The number of hydrogen-bond donors (Lipinski definition) is 2. The third-order valence-electron chi connectivity index (χ3n) is 5.23. The lowest BCUT2D eigenvalue weighted by Gasteiger charge is -2.29. The molecule has 1 heterocycles. The summed E-state index contributed by atoms with van der Waals surface area (Å²) in [6.07, 6.45) is 0. The van der Waals surface area contributed by atoms with Crippen LogP contribution in [-0.2, 0) is 10.2 Å². The number of anilines is 1. The molecule has 0 fully saturated rings. The van der Waals surface area contributed by atoms with E-state index >= 15 is 0 Å². The molecule has 1 atom stereocenters. The number of nitrogens with one attached hydrogen (secondary N) is 1. The second-order valence-corrected chi connectivity index (χ2v) is 6.72. The molecule has 0 radical (unpaired) electrons. The highest BCUT2D eigenvalue weighted by Gasteiger charge is 2.51. The molecular weight excluding hydrogens is 364 g/mol. The van der Waals surface area contributed by atoms with Crippen molar-refractivity contribution in [2.45, 2.75) is 12.3 Å². The third-order valence-corrected chi connectivity index (χ3v) is 5.23. The molecule has 1 aliphatic rings. The van der Waals surface area contributed by atoms with Crippen molar-refractivity contribution >= 4 is 11.6 Å². The smallest absolute Gasteiger partial charge is 0.244 e. The molecule has 0 saturated heterocycles. The van der Waals surface area contributed by atoms with Crippen molar-refractivity contribution in [2.75, 3.05) is 12.4 Å². The van der Waals surface area contributed by atoms with Crippen molar-refractivity contribution in [1.82, 2.24) is 0 Å². The first-order valence-electron chi connectivity index (χ1n) is 8.64. The van der Waals surface area contributed by atoms with Gasteiger partial charge in [0.25, 0.3) is 0 Å². The van der Waals surface area contributed by atoms with E-state index in [1.54, 1.807) is 43.3 Å². The predicted molar refractivity (Wildman–Crippen MR) is 101 cm³/mol. The van der Waals surface area contributed by atoms with Crippen molar-refractivity contribution in [3.63, 3.8) is 0 Å². The highest BCUT2D eigenvalue weighted by atomic mass is 19.2. The van der Waals surface area contributed by atoms with Crippen LogP contribution in [0.25, 0.3) is 0 Å². The molecule has 3 aromatic rings. The van der Waals surface area contributed by atoms with Crippen LogP contribution in [0.2, 0.25) is 0 Å². The molecule has 4 rings (SSSR count). The largest absolute Gasteiger partial charge is 0.508 e. The number of benzene rings is 3. The molecule has 6 heteroatoms. The van der Waals surface area contributed by atoms with E-state index in [-0.39, 0.29) is 11.4 Å². The number of ether oxygens (including phenoxy) is 1. The van der Waals surface area contributed by atoms with E-state index in [0.29, 0.717) is 28.0 Å². The van der Waals surface area contributed by atoms with Gasteiger partial charge in [-0.1, -0.05) is 30.3 Å². The van der Waals surface area contributed by atoms with E-state index in [4.69, 9.17) is 4.74 Å². The Morgan fingerprint density at radius 3 is 2.32 bits per heavy atom. The zero-order valence-corrected chi connectivity index (χ0v) is 15.2. The summed E-state index contributed by atoms with van der Waals surface area (Å²) < 4.78 is 33.5. The van der Waals surface area contributed by atoms with E-state index in [1.807, 2.05) is 0 Å². The number of rotatable bonds is 3. The van der Waals surface area contributed by atoms with Crippen molar-refractivity contribution in [3.8, 4) is 11.5 Å². The van der Waals surface area contributed by atoms with Crippen LogP contribution in [0.15, 0.2) is 54.6 Å². The Kier molecular flexibility index (Phi) is 4.07. The number of aryl methyl sites for hydroxylation is 1. The van der Waals surface area contributed by atoms with Gasteiger partial charge in [-0.15, -0.1) is 0 Å². The molecule has 0 bridgehead atoms. The molecule has 1 unspecified atom stereocenters. The number of carbonyl (C=O) groups excluding carboxylic acids is 1. The van der Waals surface area contributed by atoms with Crippen molar-refractivity contribution in [2.24, 2.45) is 0 Å². The van der Waals surface area contributed by atoms with Gasteiger partial charge in [-0.3, -0.25) is 4.79 Å². The van der Waals surface area contributed by atoms with E-state index in [2.05, 4.69) is 5.32 Å². The van der Waals surface area contributed by atoms with Gasteiger partial charge in [-0.2, -0.15) is 0 Å². The molecular formula is C22H17F2NO3. The van der Waals surface area contributed by atoms with E-state index in [0.717, 1.165) is 6.07 Å². The summed E-state index contributed by atoms with van der Waals surface area (Å²) in [5, 5.41) is 12.4. The summed E-state index contributed by atoms with van der Waals surface area (Å²) in [7, 11) is 1.53. The first-order chi connectivity index (χ1) is 13.4. The quantitative estimate of drug-likeness (QED) is 0.712. The SMILES string of the molecule is COc1ccc(C2(c3ccc(O)c(C)c3)C(=O)Nc3c2ccc(F)c3F)cc1. The first kappa shape index (κ1) is 18.0. The zero-order valence-electron chi connectivity index (χ0n) is 15.2. The molecule has 142 valence electrons. The third kappa shape index (κ3) is 2.37. The number of halogens is 2. The van der Waals surface area contributed by atoms with Crippen LogP contribution in [0.1, 0.15) is 22.3 Å². The van der Waals surface area contributed by atoms with Gasteiger partial charge in [0, 0.05) is 5.56 Å². The Morgan fingerprint density at radius 1 is 1.00 bits per heavy atom. The van der Waals surface area contributed by atoms with Crippen LogP contribution in [0.5, 0.6) is 11.5 Å². The second-order valence-electron chi connectivity index (χ2n) is 6.72. The summed E-state index contributed by atoms with van der Waals surface area (Å²) >= 11 is 0. The number of amides is 1. The lowest BCUT2D eigenvalue weighted by Crippen LogP contribution is -2.37. The minimum atomic E-state index is -1.39. The Balaban J connectivity index is 2.07. The Labute approximate surface area is 160 Å². The number of methoxy groups -OCH3 is 1. The number of fused-ring (bicyclic) bond motifs is 1. The molecule has 0 saturated carbocycles. The topological polar surface area (TPSA) is 58.6 Å². The lowest BCUT2D eigenvalue weighted by atomic mass is 9.70. The van der Waals surface area contributed by atoms with Gasteiger partial charge < -0.3 is 15.2 Å². The van der Waals surface area contributed by atoms with Crippen LogP contribution in [0.3, 0.4) is 0 Å². The summed E-state index contributed by atoms with van der Waals surface area (Å²) in [5.74, 6) is -1.95. The van der Waals surface area contributed by atoms with E-state index < -0.39 is 23.0 Å². The predicted octanol–water partition coefficient (Wildman–Crippen LogP) is 4.27. The van der Waals surface area contributed by atoms with E-state index in [9.17, 15) is 18.7 Å². The molecule has 4 nitrogen and oxygen atoms in total. The average molecular weight is 381 g/mol. The van der Waals surface area contributed by atoms with Gasteiger partial charge in [0.05, 0.1) is 12.8 Å². The molecule has 0 aliphatic carbocycles. The maximum atomic E-state index is 14.5. The minimum Gasteiger partial charge on any atom is -0.508 e. The van der Waals surface area contributed by atoms with Crippen molar-refractivity contribution in [3.05, 3.63) is 88.5 Å². The fourth-order valence-corrected chi connectivity index (χ4v) is 3.78. The van der Waals surface area contributed by atoms with Crippen LogP contribution in [-0.4, -0.2) is 18.1 Å². The monoisotopic (exact) mass is 381 g/mol. The number of phenolic OH excluding ortho intramolecular Hbond substituents is 1. The van der Waals surface area contributed by atoms with Crippen molar-refractivity contribution < 1.29 is 23.4 Å². The average Bonchev–Trinajstić information content (AvgIpc) is 3.00. The summed E-state index contributed by atoms with van der Waals surface area (Å²) in [6.45, 7) is 1.71. The fraction of sp³-hybridized carbons (Fsp3) is 0.136. The highest BCUT2D eigenvalue weighted by molar-refractivity contribution is 6.11. The Hall–Kier alpha value is -3.41. The maximum absolute atomic E-state index is 14.5. The maximum Gasteiger partial charge on any atom is 0.244 e. The zero-order chi connectivity index (χ0) is 20.1. The van der Waals surface area contributed by atoms with Crippen LogP contribution >= 0.6 is 0 Å². The molecule has 0 spiro atoms. The number of hydrogen-bond acceptors (Lipinski definition) is 3. The van der Waals surface area contributed by atoms with Crippen molar-refractivity contribution in [1.29, 1.82) is 0 Å². The molecule has 3 aromatic carbocycles. The normalized spacial score (nSPS) is 17.9. The van der Waals surface area contributed by atoms with Crippen LogP contribution in [0, 0.1) is 18.6 Å². The van der Waals surface area contributed by atoms with Crippen LogP contribution in [0.4, 0.5) is 14.5 Å². The molecule has 2 N–H and O–H groups in total. The number of phenols is 1. The molecule has 0 aromatic heterocycles. The van der Waals surface area contributed by atoms with Gasteiger partial charge >= 0.3 is 0 Å². The van der Waals surface area contributed by atoms with Gasteiger partial charge in [0.15, 0.2) is 11.6 Å². The molecule has 1 amide bonds. The number of carbonyl (C=O) groups is 1. The van der Waals surface area contributed by atoms with E-state index in [1.165, 1.54) is 19.2 Å². The molecule has 1 aliphatic heterocycles.